The fourth-order valence-corrected chi connectivity index (χ4v) is 2.72. The van der Waals surface area contributed by atoms with Gasteiger partial charge in [-0.2, -0.15) is 5.10 Å². The highest BCUT2D eigenvalue weighted by molar-refractivity contribution is 9.10. The molecule has 0 bridgehead atoms. The van der Waals surface area contributed by atoms with Crippen molar-refractivity contribution in [1.82, 2.24) is 9.78 Å². The maximum Gasteiger partial charge on any atom is 0.0835 e. The maximum absolute atomic E-state index is 6.20. The van der Waals surface area contributed by atoms with Crippen LogP contribution in [0.3, 0.4) is 0 Å². The van der Waals surface area contributed by atoms with Crippen LogP contribution in [0.4, 0.5) is 5.69 Å². The van der Waals surface area contributed by atoms with Crippen LogP contribution >= 0.6 is 39.1 Å². The third-order valence-electron chi connectivity index (χ3n) is 2.83. The number of nitrogens with one attached hydrogen (secondary N) is 1. The molecule has 0 spiro atoms. The van der Waals surface area contributed by atoms with E-state index < -0.39 is 0 Å². The Balaban J connectivity index is 2.17. The molecular formula is C13H14BrCl2N3. The summed E-state index contributed by atoms with van der Waals surface area (Å²) in [5.74, 6) is 0. The minimum Gasteiger partial charge on any atom is -0.380 e. The Morgan fingerprint density at radius 1 is 1.32 bits per heavy atom. The molecule has 1 aromatic heterocycles. The quantitative estimate of drug-likeness (QED) is 0.801. The van der Waals surface area contributed by atoms with Crippen molar-refractivity contribution in [2.45, 2.75) is 19.9 Å². The van der Waals surface area contributed by atoms with Crippen LogP contribution in [0.15, 0.2) is 22.8 Å². The molecule has 0 atom stereocenters. The molecule has 1 N–H and O–H groups in total. The highest BCUT2D eigenvalue weighted by Crippen LogP contribution is 2.36. The van der Waals surface area contributed by atoms with E-state index in [1.165, 1.54) is 5.56 Å². The Bertz CT molecular complexity index is 596. The van der Waals surface area contributed by atoms with Crippen LogP contribution in [-0.4, -0.2) is 9.78 Å². The Hall–Kier alpha value is -0.710. The fraction of sp³-hybridized carbons (Fsp3) is 0.308. The summed E-state index contributed by atoms with van der Waals surface area (Å²) in [6, 6.07) is 3.78. The normalized spacial score (nSPS) is 10.8. The molecule has 2 aromatic rings. The SMILES string of the molecule is CCc1nn(C)cc1CNc1ccc(Br)c(Cl)c1Cl. The first-order chi connectivity index (χ1) is 9.02. The van der Waals surface area contributed by atoms with Crippen molar-refractivity contribution in [3.8, 4) is 0 Å². The second-order valence-corrected chi connectivity index (χ2v) is 5.81. The summed E-state index contributed by atoms with van der Waals surface area (Å²) in [5.41, 5.74) is 3.08. The Labute approximate surface area is 131 Å². The first-order valence-corrected chi connectivity index (χ1v) is 7.46. The number of hydrogen-bond donors (Lipinski definition) is 1. The van der Waals surface area contributed by atoms with Crippen molar-refractivity contribution >= 4 is 44.8 Å². The average Bonchev–Trinajstić information content (AvgIpc) is 2.75. The van der Waals surface area contributed by atoms with Gasteiger partial charge in [0.1, 0.15) is 0 Å². The molecule has 1 aromatic carbocycles. The number of hydrogen-bond acceptors (Lipinski definition) is 2. The van der Waals surface area contributed by atoms with Gasteiger partial charge in [-0.15, -0.1) is 0 Å². The van der Waals surface area contributed by atoms with Crippen LogP contribution in [-0.2, 0) is 20.0 Å². The van der Waals surface area contributed by atoms with Crippen LogP contribution in [0.5, 0.6) is 0 Å². The second-order valence-electron chi connectivity index (χ2n) is 4.20. The summed E-state index contributed by atoms with van der Waals surface area (Å²) in [7, 11) is 1.92. The van der Waals surface area contributed by atoms with Gasteiger partial charge in [0.05, 0.1) is 21.4 Å². The third kappa shape index (κ3) is 3.25. The largest absolute Gasteiger partial charge is 0.380 e. The van der Waals surface area contributed by atoms with Crippen molar-refractivity contribution in [2.75, 3.05) is 5.32 Å². The summed E-state index contributed by atoms with van der Waals surface area (Å²) < 4.78 is 2.62. The Kier molecular flexibility index (Phi) is 4.76. The maximum atomic E-state index is 6.20. The number of benzene rings is 1. The van der Waals surface area contributed by atoms with Crippen molar-refractivity contribution in [3.05, 3.63) is 44.1 Å². The summed E-state index contributed by atoms with van der Waals surface area (Å²) in [4.78, 5) is 0. The van der Waals surface area contributed by atoms with E-state index in [2.05, 4.69) is 33.3 Å². The molecule has 0 radical (unpaired) electrons. The molecule has 1 heterocycles. The van der Waals surface area contributed by atoms with Gasteiger partial charge in [-0.3, -0.25) is 4.68 Å². The van der Waals surface area contributed by atoms with Gasteiger partial charge in [0.15, 0.2) is 0 Å². The lowest BCUT2D eigenvalue weighted by molar-refractivity contribution is 0.746. The van der Waals surface area contributed by atoms with Gasteiger partial charge in [0.2, 0.25) is 0 Å². The molecular weight excluding hydrogens is 349 g/mol. The number of anilines is 1. The monoisotopic (exact) mass is 361 g/mol. The van der Waals surface area contributed by atoms with E-state index in [0.717, 1.165) is 22.3 Å². The number of aromatic nitrogens is 2. The molecule has 0 fully saturated rings. The van der Waals surface area contributed by atoms with E-state index in [-0.39, 0.29) is 0 Å². The zero-order chi connectivity index (χ0) is 14.0. The van der Waals surface area contributed by atoms with Crippen LogP contribution < -0.4 is 5.32 Å². The van der Waals surface area contributed by atoms with Gasteiger partial charge in [-0.05, 0) is 34.5 Å². The van der Waals surface area contributed by atoms with Crippen LogP contribution in [0, 0.1) is 0 Å². The highest BCUT2D eigenvalue weighted by Gasteiger charge is 2.10. The Morgan fingerprint density at radius 3 is 2.74 bits per heavy atom. The van der Waals surface area contributed by atoms with E-state index in [9.17, 15) is 0 Å². The van der Waals surface area contributed by atoms with E-state index in [0.29, 0.717) is 16.6 Å². The predicted octanol–water partition coefficient (Wildman–Crippen LogP) is 4.66. The molecule has 0 aliphatic heterocycles. The predicted molar refractivity (Wildman–Crippen MR) is 84.1 cm³/mol. The number of halogens is 3. The minimum atomic E-state index is 0.522. The first-order valence-electron chi connectivity index (χ1n) is 5.91. The minimum absolute atomic E-state index is 0.522. The second kappa shape index (κ2) is 6.16. The van der Waals surface area contributed by atoms with Crippen molar-refractivity contribution < 1.29 is 0 Å². The van der Waals surface area contributed by atoms with E-state index in [1.807, 2.05) is 30.1 Å². The molecule has 0 saturated heterocycles. The van der Waals surface area contributed by atoms with Gasteiger partial charge < -0.3 is 5.32 Å². The summed E-state index contributed by atoms with van der Waals surface area (Å²) in [5, 5.41) is 8.75. The molecule has 3 nitrogen and oxygen atoms in total. The van der Waals surface area contributed by atoms with Crippen molar-refractivity contribution in [2.24, 2.45) is 7.05 Å². The summed E-state index contributed by atoms with van der Waals surface area (Å²) in [6.45, 7) is 2.77. The fourth-order valence-electron chi connectivity index (χ4n) is 1.88. The topological polar surface area (TPSA) is 29.9 Å². The summed E-state index contributed by atoms with van der Waals surface area (Å²) >= 11 is 15.6. The standard InChI is InChI=1S/C13H14BrCl2N3/c1-3-10-8(7-19(2)18-10)6-17-11-5-4-9(14)12(15)13(11)16/h4-5,7,17H,3,6H2,1-2H3. The highest BCUT2D eigenvalue weighted by atomic mass is 79.9. The van der Waals surface area contributed by atoms with Gasteiger partial charge >= 0.3 is 0 Å². The summed E-state index contributed by atoms with van der Waals surface area (Å²) in [6.07, 6.45) is 2.92. The van der Waals surface area contributed by atoms with Gasteiger partial charge in [0, 0.05) is 29.8 Å². The Morgan fingerprint density at radius 2 is 2.05 bits per heavy atom. The lowest BCUT2D eigenvalue weighted by Gasteiger charge is -2.10. The lowest BCUT2D eigenvalue weighted by Crippen LogP contribution is -2.01. The molecule has 2 rings (SSSR count). The number of aryl methyl sites for hydroxylation is 2. The van der Waals surface area contributed by atoms with Crippen LogP contribution in [0.25, 0.3) is 0 Å². The molecule has 0 saturated carbocycles. The van der Waals surface area contributed by atoms with Crippen LogP contribution in [0.1, 0.15) is 18.2 Å². The average molecular weight is 363 g/mol. The molecule has 0 aliphatic carbocycles. The zero-order valence-electron chi connectivity index (χ0n) is 10.7. The van der Waals surface area contributed by atoms with E-state index in [4.69, 9.17) is 23.2 Å². The molecule has 19 heavy (non-hydrogen) atoms. The smallest absolute Gasteiger partial charge is 0.0835 e. The molecule has 6 heteroatoms. The van der Waals surface area contributed by atoms with Crippen LogP contribution in [0.2, 0.25) is 10.0 Å². The molecule has 0 aliphatic rings. The van der Waals surface area contributed by atoms with Gasteiger partial charge in [-0.1, -0.05) is 30.1 Å². The van der Waals surface area contributed by atoms with E-state index >= 15 is 0 Å². The number of rotatable bonds is 4. The van der Waals surface area contributed by atoms with Crippen molar-refractivity contribution in [3.63, 3.8) is 0 Å². The molecule has 0 unspecified atom stereocenters. The lowest BCUT2D eigenvalue weighted by atomic mass is 10.2. The van der Waals surface area contributed by atoms with Gasteiger partial charge in [0.25, 0.3) is 0 Å². The zero-order valence-corrected chi connectivity index (χ0v) is 13.8. The number of nitrogens with zero attached hydrogens (tertiary/aromatic N) is 2. The van der Waals surface area contributed by atoms with E-state index in [1.54, 1.807) is 0 Å². The first kappa shape index (κ1) is 14.7. The third-order valence-corrected chi connectivity index (χ3v) is 4.60. The molecule has 102 valence electrons. The molecule has 0 amide bonds. The van der Waals surface area contributed by atoms with Crippen molar-refractivity contribution in [1.29, 1.82) is 0 Å². The van der Waals surface area contributed by atoms with Gasteiger partial charge in [-0.25, -0.2) is 0 Å².